The first-order chi connectivity index (χ1) is 11.4. The lowest BCUT2D eigenvalue weighted by atomic mass is 9.98. The standard InChI is InChI=1S/C20H18Br2O2/c1-20(2,22)19(23)24-12-16-8-4-6-14-9-13-5-3-7-15(11-21)17(13)10-18(14)16/h3-10H,11-12H2,1-2H3. The summed E-state index contributed by atoms with van der Waals surface area (Å²) >= 11 is 6.90. The lowest BCUT2D eigenvalue weighted by Gasteiger charge is -2.16. The quantitative estimate of drug-likeness (QED) is 0.273. The van der Waals surface area contributed by atoms with Gasteiger partial charge in [-0.25, -0.2) is 0 Å². The number of hydrogen-bond acceptors (Lipinski definition) is 2. The normalized spacial score (nSPS) is 11.8. The van der Waals surface area contributed by atoms with Gasteiger partial charge in [-0.2, -0.15) is 0 Å². The molecule has 2 nitrogen and oxygen atoms in total. The summed E-state index contributed by atoms with van der Waals surface area (Å²) < 4.78 is 4.80. The van der Waals surface area contributed by atoms with E-state index < -0.39 is 4.32 Å². The number of ether oxygens (including phenoxy) is 1. The van der Waals surface area contributed by atoms with E-state index in [0.717, 1.165) is 21.7 Å². The van der Waals surface area contributed by atoms with Crippen LogP contribution in [0, 0.1) is 0 Å². The lowest BCUT2D eigenvalue weighted by Crippen LogP contribution is -2.26. The average Bonchev–Trinajstić information content (AvgIpc) is 2.56. The summed E-state index contributed by atoms with van der Waals surface area (Å²) in [6.45, 7) is 3.84. The summed E-state index contributed by atoms with van der Waals surface area (Å²) in [6, 6.07) is 16.8. The highest BCUT2D eigenvalue weighted by molar-refractivity contribution is 9.10. The molecule has 0 heterocycles. The van der Waals surface area contributed by atoms with E-state index in [1.807, 2.05) is 12.1 Å². The molecule has 3 rings (SSSR count). The van der Waals surface area contributed by atoms with Gasteiger partial charge in [0.05, 0.1) is 0 Å². The fourth-order valence-electron chi connectivity index (χ4n) is 2.74. The lowest BCUT2D eigenvalue weighted by molar-refractivity contribution is -0.146. The fourth-order valence-corrected chi connectivity index (χ4v) is 3.34. The molecule has 0 unspecified atom stereocenters. The molecule has 0 aromatic heterocycles. The fraction of sp³-hybridized carbons (Fsp3) is 0.250. The number of rotatable bonds is 4. The highest BCUT2D eigenvalue weighted by atomic mass is 79.9. The number of carbonyl (C=O) groups is 1. The monoisotopic (exact) mass is 448 g/mol. The molecule has 0 saturated carbocycles. The van der Waals surface area contributed by atoms with Crippen molar-refractivity contribution in [3.63, 3.8) is 0 Å². The molecule has 0 saturated heterocycles. The predicted octanol–water partition coefficient (Wildman–Crippen LogP) is 6.10. The molecule has 0 fully saturated rings. The molecule has 0 N–H and O–H groups in total. The highest BCUT2D eigenvalue weighted by Gasteiger charge is 2.25. The Morgan fingerprint density at radius 2 is 1.58 bits per heavy atom. The second-order valence-corrected chi connectivity index (χ2v) is 8.85. The van der Waals surface area contributed by atoms with E-state index in [1.165, 1.54) is 16.3 Å². The third-order valence-electron chi connectivity index (χ3n) is 4.05. The Labute approximate surface area is 158 Å². The van der Waals surface area contributed by atoms with Crippen molar-refractivity contribution in [3.05, 3.63) is 59.7 Å². The van der Waals surface area contributed by atoms with Gasteiger partial charge in [-0.1, -0.05) is 68.3 Å². The van der Waals surface area contributed by atoms with Crippen molar-refractivity contribution in [3.8, 4) is 0 Å². The van der Waals surface area contributed by atoms with Gasteiger partial charge in [0.25, 0.3) is 0 Å². The van der Waals surface area contributed by atoms with Crippen molar-refractivity contribution in [2.75, 3.05) is 0 Å². The van der Waals surface area contributed by atoms with Crippen LogP contribution in [0.5, 0.6) is 0 Å². The zero-order chi connectivity index (χ0) is 17.3. The number of hydrogen-bond donors (Lipinski definition) is 0. The van der Waals surface area contributed by atoms with Crippen LogP contribution in [-0.4, -0.2) is 10.3 Å². The number of fused-ring (bicyclic) bond motifs is 2. The Kier molecular flexibility index (Phi) is 4.97. The largest absolute Gasteiger partial charge is 0.460 e. The zero-order valence-corrected chi connectivity index (χ0v) is 16.8. The summed E-state index contributed by atoms with van der Waals surface area (Å²) in [5.41, 5.74) is 2.27. The van der Waals surface area contributed by atoms with E-state index in [9.17, 15) is 4.79 Å². The molecule has 0 aliphatic carbocycles. The van der Waals surface area contributed by atoms with Gasteiger partial charge >= 0.3 is 5.97 Å². The Balaban J connectivity index is 2.05. The maximum absolute atomic E-state index is 12.0. The van der Waals surface area contributed by atoms with Crippen LogP contribution in [0.3, 0.4) is 0 Å². The van der Waals surface area contributed by atoms with Crippen molar-refractivity contribution >= 4 is 59.4 Å². The Bertz CT molecular complexity index is 911. The van der Waals surface area contributed by atoms with Crippen LogP contribution in [0.15, 0.2) is 48.5 Å². The van der Waals surface area contributed by atoms with Crippen LogP contribution in [-0.2, 0) is 21.5 Å². The molecule has 0 radical (unpaired) electrons. The van der Waals surface area contributed by atoms with Gasteiger partial charge in [0.15, 0.2) is 0 Å². The third-order valence-corrected chi connectivity index (χ3v) is 4.98. The van der Waals surface area contributed by atoms with Crippen LogP contribution in [0.4, 0.5) is 0 Å². The van der Waals surface area contributed by atoms with Crippen LogP contribution in [0.2, 0.25) is 0 Å². The molecule has 3 aromatic rings. The predicted molar refractivity (Wildman–Crippen MR) is 107 cm³/mol. The van der Waals surface area contributed by atoms with Gasteiger partial charge in [0.2, 0.25) is 0 Å². The second-order valence-electron chi connectivity index (χ2n) is 6.31. The molecule has 0 bridgehead atoms. The Hall–Kier alpha value is -1.39. The molecular weight excluding hydrogens is 432 g/mol. The van der Waals surface area contributed by atoms with Gasteiger partial charge < -0.3 is 4.74 Å². The minimum absolute atomic E-state index is 0.263. The average molecular weight is 450 g/mol. The molecule has 24 heavy (non-hydrogen) atoms. The van der Waals surface area contributed by atoms with Crippen LogP contribution in [0.25, 0.3) is 21.5 Å². The van der Waals surface area contributed by atoms with Crippen LogP contribution >= 0.6 is 31.9 Å². The zero-order valence-electron chi connectivity index (χ0n) is 13.6. The van der Waals surface area contributed by atoms with Crippen LogP contribution < -0.4 is 0 Å². The number of carbonyl (C=O) groups excluding carboxylic acids is 1. The topological polar surface area (TPSA) is 26.3 Å². The molecule has 0 atom stereocenters. The summed E-state index contributed by atoms with van der Waals surface area (Å²) in [6.07, 6.45) is 0. The minimum atomic E-state index is -0.673. The van der Waals surface area contributed by atoms with E-state index in [-0.39, 0.29) is 12.6 Å². The SMILES string of the molecule is CC(C)(Br)C(=O)OCc1cccc2cc3cccc(CBr)c3cc12. The van der Waals surface area contributed by atoms with E-state index >= 15 is 0 Å². The number of halogens is 2. The summed E-state index contributed by atoms with van der Waals surface area (Å²) in [5.74, 6) is -0.263. The smallest absolute Gasteiger partial charge is 0.322 e. The van der Waals surface area contributed by atoms with E-state index in [1.54, 1.807) is 13.8 Å². The molecule has 3 aromatic carbocycles. The van der Waals surface area contributed by atoms with Gasteiger partial charge in [-0.15, -0.1) is 0 Å². The number of esters is 1. The first kappa shape index (κ1) is 17.4. The summed E-state index contributed by atoms with van der Waals surface area (Å²) in [4.78, 5) is 12.0. The molecule has 0 aliphatic heterocycles. The second kappa shape index (κ2) is 6.85. The Morgan fingerprint density at radius 1 is 1.00 bits per heavy atom. The van der Waals surface area contributed by atoms with Crippen molar-refractivity contribution in [2.24, 2.45) is 0 Å². The van der Waals surface area contributed by atoms with Crippen LogP contribution in [0.1, 0.15) is 25.0 Å². The van der Waals surface area contributed by atoms with Gasteiger partial charge in [0.1, 0.15) is 10.9 Å². The molecule has 0 spiro atoms. The number of alkyl halides is 2. The first-order valence-corrected chi connectivity index (χ1v) is 9.67. The van der Waals surface area contributed by atoms with Crippen molar-refractivity contribution < 1.29 is 9.53 Å². The Morgan fingerprint density at radius 3 is 2.17 bits per heavy atom. The summed E-state index contributed by atoms with van der Waals surface area (Å²) in [7, 11) is 0. The highest BCUT2D eigenvalue weighted by Crippen LogP contribution is 2.29. The van der Waals surface area contributed by atoms with E-state index in [0.29, 0.717) is 0 Å². The first-order valence-electron chi connectivity index (χ1n) is 7.75. The summed E-state index contributed by atoms with van der Waals surface area (Å²) in [5, 5.41) is 5.53. The van der Waals surface area contributed by atoms with Gasteiger partial charge in [0, 0.05) is 5.33 Å². The maximum atomic E-state index is 12.0. The maximum Gasteiger partial charge on any atom is 0.322 e. The van der Waals surface area contributed by atoms with E-state index in [4.69, 9.17) is 4.74 Å². The van der Waals surface area contributed by atoms with E-state index in [2.05, 4.69) is 68.3 Å². The van der Waals surface area contributed by atoms with Crippen molar-refractivity contribution in [2.45, 2.75) is 30.1 Å². The molecule has 4 heteroatoms. The van der Waals surface area contributed by atoms with Gasteiger partial charge in [-0.3, -0.25) is 4.79 Å². The molecule has 0 amide bonds. The van der Waals surface area contributed by atoms with Crippen molar-refractivity contribution in [1.29, 1.82) is 0 Å². The molecule has 124 valence electrons. The minimum Gasteiger partial charge on any atom is -0.460 e. The van der Waals surface area contributed by atoms with Crippen molar-refractivity contribution in [1.82, 2.24) is 0 Å². The molecular formula is C20H18Br2O2. The molecule has 0 aliphatic rings. The van der Waals surface area contributed by atoms with Gasteiger partial charge in [-0.05, 0) is 58.7 Å². The third kappa shape index (κ3) is 3.50. The number of benzene rings is 3.